The van der Waals surface area contributed by atoms with Gasteiger partial charge in [0.15, 0.2) is 0 Å². The zero-order valence-electron chi connectivity index (χ0n) is 24.5. The molecule has 0 unspecified atom stereocenters. The molecule has 45 heavy (non-hydrogen) atoms. The number of benzene rings is 7. The number of fused-ring (bicyclic) bond motifs is 6. The van der Waals surface area contributed by atoms with E-state index >= 15 is 0 Å². The molecule has 0 aliphatic rings. The van der Waals surface area contributed by atoms with Gasteiger partial charge in [0.25, 0.3) is 0 Å². The van der Waals surface area contributed by atoms with Gasteiger partial charge in [-0.1, -0.05) is 109 Å². The molecule has 0 fully saturated rings. The number of hydrogen-bond acceptors (Lipinski definition) is 2. The van der Waals surface area contributed by atoms with Gasteiger partial charge in [-0.05, 0) is 71.8 Å². The Morgan fingerprint density at radius 2 is 1.02 bits per heavy atom. The largest absolute Gasteiger partial charge is 0.310 e. The minimum absolute atomic E-state index is 1.12. The fourth-order valence-corrected chi connectivity index (χ4v) is 7.90. The Hall–Kier alpha value is -5.64. The summed E-state index contributed by atoms with van der Waals surface area (Å²) in [7, 11) is 0. The second-order valence-corrected chi connectivity index (χ2v) is 12.5. The molecule has 2 aromatic heterocycles. The molecule has 0 amide bonds. The van der Waals surface area contributed by atoms with Crippen molar-refractivity contribution in [3.8, 4) is 16.8 Å². The lowest BCUT2D eigenvalue weighted by Crippen LogP contribution is -2.11. The topological polar surface area (TPSA) is 8.17 Å². The van der Waals surface area contributed by atoms with E-state index in [9.17, 15) is 0 Å². The smallest absolute Gasteiger partial charge is 0.0554 e. The molecular formula is C42H28N2S. The molecule has 7 aromatic carbocycles. The number of thiophene rings is 1. The summed E-state index contributed by atoms with van der Waals surface area (Å²) < 4.78 is 4.99. The molecule has 0 spiro atoms. The van der Waals surface area contributed by atoms with Crippen LogP contribution in [0.15, 0.2) is 170 Å². The van der Waals surface area contributed by atoms with Gasteiger partial charge in [0.1, 0.15) is 0 Å². The van der Waals surface area contributed by atoms with Gasteiger partial charge in [0.2, 0.25) is 0 Å². The molecule has 0 bridgehead atoms. The summed E-state index contributed by atoms with van der Waals surface area (Å²) in [6, 6.07) is 61.4. The Bertz CT molecular complexity index is 2430. The molecule has 0 aliphatic heterocycles. The van der Waals surface area contributed by atoms with Crippen LogP contribution in [-0.4, -0.2) is 4.57 Å². The van der Waals surface area contributed by atoms with Gasteiger partial charge in [-0.25, -0.2) is 0 Å². The number of para-hydroxylation sites is 2. The Balaban J connectivity index is 1.28. The van der Waals surface area contributed by atoms with Gasteiger partial charge in [-0.15, -0.1) is 11.3 Å². The predicted octanol–water partition coefficient (Wildman–Crippen LogP) is 12.3. The van der Waals surface area contributed by atoms with Crippen molar-refractivity contribution in [2.75, 3.05) is 4.90 Å². The van der Waals surface area contributed by atoms with Crippen LogP contribution in [-0.2, 0) is 0 Å². The highest BCUT2D eigenvalue weighted by Crippen LogP contribution is 2.45. The van der Waals surface area contributed by atoms with Crippen molar-refractivity contribution in [1.29, 1.82) is 0 Å². The maximum Gasteiger partial charge on any atom is 0.0554 e. The van der Waals surface area contributed by atoms with Crippen LogP contribution >= 0.6 is 11.3 Å². The van der Waals surface area contributed by atoms with E-state index in [-0.39, 0.29) is 0 Å². The molecule has 212 valence electrons. The zero-order valence-corrected chi connectivity index (χ0v) is 25.3. The summed E-state index contributed by atoms with van der Waals surface area (Å²) >= 11 is 1.86. The first-order valence-electron chi connectivity index (χ1n) is 15.3. The van der Waals surface area contributed by atoms with E-state index in [0.717, 1.165) is 17.1 Å². The molecule has 9 rings (SSSR count). The van der Waals surface area contributed by atoms with Crippen LogP contribution < -0.4 is 4.90 Å². The van der Waals surface area contributed by atoms with Gasteiger partial charge < -0.3 is 9.47 Å². The number of aromatic nitrogens is 1. The fourth-order valence-electron chi connectivity index (χ4n) is 6.77. The van der Waals surface area contributed by atoms with Crippen LogP contribution in [0.2, 0.25) is 0 Å². The van der Waals surface area contributed by atoms with Crippen LogP contribution in [0.25, 0.3) is 58.8 Å². The van der Waals surface area contributed by atoms with Gasteiger partial charge in [0.05, 0.1) is 16.7 Å². The maximum absolute atomic E-state index is 2.42. The quantitative estimate of drug-likeness (QED) is 0.193. The highest BCUT2D eigenvalue weighted by Gasteiger charge is 2.20. The first-order chi connectivity index (χ1) is 22.3. The van der Waals surface area contributed by atoms with E-state index in [4.69, 9.17) is 0 Å². The van der Waals surface area contributed by atoms with Crippen LogP contribution in [0.5, 0.6) is 0 Å². The second kappa shape index (κ2) is 10.5. The Kier molecular flexibility index (Phi) is 6.03. The standard InChI is InChI=1S/C42H28N2S/c1-2-12-29(13-3-1)30-24-26-31(27-25-30)43(39-21-11-23-41-42(39)36-18-6-9-22-40(36)45-41)32-14-10-15-33(28-32)44-37-19-7-4-16-34(37)35-17-5-8-20-38(35)44/h1-28H. The minimum atomic E-state index is 1.12. The van der Waals surface area contributed by atoms with Crippen molar-refractivity contribution in [1.82, 2.24) is 4.57 Å². The summed E-state index contributed by atoms with van der Waals surface area (Å²) in [6.07, 6.45) is 0. The van der Waals surface area contributed by atoms with Crippen LogP contribution in [0.3, 0.4) is 0 Å². The Labute approximate surface area is 265 Å². The van der Waals surface area contributed by atoms with E-state index in [1.54, 1.807) is 0 Å². The number of hydrogen-bond donors (Lipinski definition) is 0. The van der Waals surface area contributed by atoms with Gasteiger partial charge in [-0.2, -0.15) is 0 Å². The molecule has 0 saturated heterocycles. The van der Waals surface area contributed by atoms with E-state index < -0.39 is 0 Å². The molecule has 0 radical (unpaired) electrons. The highest BCUT2D eigenvalue weighted by molar-refractivity contribution is 7.26. The average Bonchev–Trinajstić information content (AvgIpc) is 3.66. The van der Waals surface area contributed by atoms with E-state index in [0.29, 0.717) is 0 Å². The molecule has 9 aromatic rings. The third-order valence-corrected chi connectivity index (χ3v) is 9.92. The first kappa shape index (κ1) is 25.8. The molecule has 0 saturated carbocycles. The summed E-state index contributed by atoms with van der Waals surface area (Å²) in [5.41, 5.74) is 9.39. The van der Waals surface area contributed by atoms with Gasteiger partial charge >= 0.3 is 0 Å². The molecule has 0 atom stereocenters. The van der Waals surface area contributed by atoms with E-state index in [1.807, 2.05) is 11.3 Å². The van der Waals surface area contributed by atoms with Crippen LogP contribution in [0.4, 0.5) is 17.1 Å². The lowest BCUT2D eigenvalue weighted by molar-refractivity contribution is 1.17. The predicted molar refractivity (Wildman–Crippen MR) is 194 cm³/mol. The lowest BCUT2D eigenvalue weighted by atomic mass is 10.0. The summed E-state index contributed by atoms with van der Waals surface area (Å²) in [5, 5.41) is 5.10. The molecular weight excluding hydrogens is 565 g/mol. The fraction of sp³-hybridized carbons (Fsp3) is 0. The maximum atomic E-state index is 2.42. The summed E-state index contributed by atoms with van der Waals surface area (Å²) in [4.78, 5) is 2.42. The van der Waals surface area contributed by atoms with Crippen LogP contribution in [0, 0.1) is 0 Å². The highest BCUT2D eigenvalue weighted by atomic mass is 32.1. The third kappa shape index (κ3) is 4.24. The number of nitrogens with zero attached hydrogens (tertiary/aromatic N) is 2. The van der Waals surface area contributed by atoms with Crippen molar-refractivity contribution >= 4 is 70.4 Å². The van der Waals surface area contributed by atoms with Crippen LogP contribution in [0.1, 0.15) is 0 Å². The molecule has 0 aliphatic carbocycles. The monoisotopic (exact) mass is 592 g/mol. The SMILES string of the molecule is c1ccc(-c2ccc(N(c3cccc(-n4c5ccccc5c5ccccc54)c3)c3cccc4sc5ccccc5c34)cc2)cc1. The van der Waals surface area contributed by atoms with Gasteiger partial charge in [-0.3, -0.25) is 0 Å². The van der Waals surface area contributed by atoms with Crippen molar-refractivity contribution in [3.63, 3.8) is 0 Å². The van der Waals surface area contributed by atoms with Crippen molar-refractivity contribution in [3.05, 3.63) is 170 Å². The van der Waals surface area contributed by atoms with Gasteiger partial charge in [0, 0.05) is 48.0 Å². The molecule has 3 heteroatoms. The third-order valence-electron chi connectivity index (χ3n) is 8.78. The van der Waals surface area contributed by atoms with Crippen molar-refractivity contribution in [2.24, 2.45) is 0 Å². The molecule has 2 nitrogen and oxygen atoms in total. The zero-order chi connectivity index (χ0) is 29.7. The van der Waals surface area contributed by atoms with E-state index in [1.165, 1.54) is 58.8 Å². The average molecular weight is 593 g/mol. The molecule has 0 N–H and O–H groups in total. The minimum Gasteiger partial charge on any atom is -0.310 e. The second-order valence-electron chi connectivity index (χ2n) is 11.4. The first-order valence-corrected chi connectivity index (χ1v) is 16.1. The summed E-state index contributed by atoms with van der Waals surface area (Å²) in [6.45, 7) is 0. The number of rotatable bonds is 5. The molecule has 2 heterocycles. The van der Waals surface area contributed by atoms with Crippen molar-refractivity contribution in [2.45, 2.75) is 0 Å². The Morgan fingerprint density at radius 1 is 0.422 bits per heavy atom. The summed E-state index contributed by atoms with van der Waals surface area (Å²) in [5.74, 6) is 0. The number of anilines is 3. The lowest BCUT2D eigenvalue weighted by Gasteiger charge is -2.27. The van der Waals surface area contributed by atoms with E-state index in [2.05, 4.69) is 179 Å². The Morgan fingerprint density at radius 3 is 1.78 bits per heavy atom. The normalized spacial score (nSPS) is 11.6. The van der Waals surface area contributed by atoms with Crippen molar-refractivity contribution < 1.29 is 0 Å².